The van der Waals surface area contributed by atoms with Crippen molar-refractivity contribution in [3.05, 3.63) is 35.6 Å². The lowest BCUT2D eigenvalue weighted by molar-refractivity contribution is 0.597. The van der Waals surface area contributed by atoms with E-state index < -0.39 is 0 Å². The van der Waals surface area contributed by atoms with Crippen molar-refractivity contribution in [2.45, 2.75) is 19.9 Å². The van der Waals surface area contributed by atoms with Gasteiger partial charge in [-0.05, 0) is 29.9 Å². The highest BCUT2D eigenvalue weighted by molar-refractivity contribution is 6.28. The van der Waals surface area contributed by atoms with Crippen molar-refractivity contribution >= 4 is 11.6 Å². The number of nitrogens with zero attached hydrogens (tertiary/aromatic N) is 3. The summed E-state index contributed by atoms with van der Waals surface area (Å²) in [6.07, 6.45) is 1.28. The maximum Gasteiger partial charge on any atom is 0.225 e. The minimum atomic E-state index is 0.489. The molecular formula is C13H14ClN3. The standard InChI is InChI=1S/C13H14ClN3/c1-9-7-11(9)8-17-12(15-16-13(17)14)10-5-3-2-4-6-10/h2-6,9,11H,7-8H2,1H3. The molecule has 88 valence electrons. The van der Waals surface area contributed by atoms with Crippen LogP contribution in [0.5, 0.6) is 0 Å². The van der Waals surface area contributed by atoms with Crippen LogP contribution in [-0.4, -0.2) is 14.8 Å². The Bertz CT molecular complexity index is 521. The molecule has 0 aliphatic heterocycles. The summed E-state index contributed by atoms with van der Waals surface area (Å²) in [6, 6.07) is 10.1. The maximum atomic E-state index is 6.10. The molecule has 4 heteroatoms. The summed E-state index contributed by atoms with van der Waals surface area (Å²) in [5, 5.41) is 8.64. The van der Waals surface area contributed by atoms with Crippen LogP contribution in [0.15, 0.2) is 30.3 Å². The van der Waals surface area contributed by atoms with Gasteiger partial charge in [0.2, 0.25) is 5.28 Å². The van der Waals surface area contributed by atoms with E-state index >= 15 is 0 Å². The largest absolute Gasteiger partial charge is 0.297 e. The molecule has 1 fully saturated rings. The summed E-state index contributed by atoms with van der Waals surface area (Å²) >= 11 is 6.10. The van der Waals surface area contributed by atoms with Crippen molar-refractivity contribution in [1.29, 1.82) is 0 Å². The molecule has 0 N–H and O–H groups in total. The Morgan fingerprint density at radius 2 is 2.00 bits per heavy atom. The normalized spacial score (nSPS) is 22.7. The third-order valence-electron chi connectivity index (χ3n) is 3.43. The first kappa shape index (κ1) is 10.8. The van der Waals surface area contributed by atoms with Crippen LogP contribution in [0.1, 0.15) is 13.3 Å². The molecule has 1 aliphatic carbocycles. The number of aromatic nitrogens is 3. The summed E-state index contributed by atoms with van der Waals surface area (Å²) in [5.41, 5.74) is 1.07. The minimum Gasteiger partial charge on any atom is -0.297 e. The first-order valence-corrected chi connectivity index (χ1v) is 6.27. The van der Waals surface area contributed by atoms with Gasteiger partial charge in [0.1, 0.15) is 0 Å². The van der Waals surface area contributed by atoms with Gasteiger partial charge in [-0.15, -0.1) is 10.2 Å². The predicted molar refractivity (Wildman–Crippen MR) is 67.7 cm³/mol. The van der Waals surface area contributed by atoms with Gasteiger partial charge in [-0.3, -0.25) is 4.57 Å². The van der Waals surface area contributed by atoms with Gasteiger partial charge < -0.3 is 0 Å². The van der Waals surface area contributed by atoms with Crippen molar-refractivity contribution in [3.8, 4) is 11.4 Å². The van der Waals surface area contributed by atoms with E-state index in [2.05, 4.69) is 17.1 Å². The molecule has 1 aromatic carbocycles. The molecule has 1 aliphatic rings. The number of hydrogen-bond donors (Lipinski definition) is 0. The molecule has 0 radical (unpaired) electrons. The quantitative estimate of drug-likeness (QED) is 0.834. The minimum absolute atomic E-state index is 0.489. The van der Waals surface area contributed by atoms with Crippen LogP contribution in [-0.2, 0) is 6.54 Å². The fraction of sp³-hybridized carbons (Fsp3) is 0.385. The van der Waals surface area contributed by atoms with Crippen molar-refractivity contribution in [1.82, 2.24) is 14.8 Å². The molecule has 1 heterocycles. The van der Waals surface area contributed by atoms with E-state index in [1.54, 1.807) is 0 Å². The molecule has 2 unspecified atom stereocenters. The molecule has 3 nitrogen and oxygen atoms in total. The van der Waals surface area contributed by atoms with Crippen LogP contribution in [0.3, 0.4) is 0 Å². The number of rotatable bonds is 3. The van der Waals surface area contributed by atoms with Gasteiger partial charge in [-0.1, -0.05) is 37.3 Å². The first-order valence-electron chi connectivity index (χ1n) is 5.90. The average molecular weight is 248 g/mol. The zero-order valence-electron chi connectivity index (χ0n) is 9.68. The van der Waals surface area contributed by atoms with Gasteiger partial charge in [0, 0.05) is 12.1 Å². The Hall–Kier alpha value is -1.35. The van der Waals surface area contributed by atoms with E-state index in [1.165, 1.54) is 6.42 Å². The molecule has 0 bridgehead atoms. The third kappa shape index (κ3) is 2.07. The molecule has 2 aromatic rings. The summed E-state index contributed by atoms with van der Waals surface area (Å²) in [5.74, 6) is 2.40. The second-order valence-corrected chi connectivity index (χ2v) is 5.08. The van der Waals surface area contributed by atoms with Crippen molar-refractivity contribution < 1.29 is 0 Å². The van der Waals surface area contributed by atoms with E-state index in [0.29, 0.717) is 5.28 Å². The monoisotopic (exact) mass is 247 g/mol. The van der Waals surface area contributed by atoms with Crippen LogP contribution in [0.4, 0.5) is 0 Å². The lowest BCUT2D eigenvalue weighted by Gasteiger charge is -2.06. The Kier molecular flexibility index (Phi) is 2.63. The second-order valence-electron chi connectivity index (χ2n) is 4.74. The summed E-state index contributed by atoms with van der Waals surface area (Å²) in [4.78, 5) is 0. The van der Waals surface area contributed by atoms with E-state index in [1.807, 2.05) is 34.9 Å². The number of halogens is 1. The Labute approximate surface area is 105 Å². The molecule has 17 heavy (non-hydrogen) atoms. The summed E-state index contributed by atoms with van der Waals surface area (Å²) in [6.45, 7) is 3.20. The molecule has 2 atom stereocenters. The lowest BCUT2D eigenvalue weighted by Crippen LogP contribution is -2.03. The van der Waals surface area contributed by atoms with E-state index in [0.717, 1.165) is 29.8 Å². The first-order chi connectivity index (χ1) is 8.25. The lowest BCUT2D eigenvalue weighted by atomic mass is 10.2. The Morgan fingerprint density at radius 1 is 1.29 bits per heavy atom. The zero-order valence-corrected chi connectivity index (χ0v) is 10.4. The van der Waals surface area contributed by atoms with Crippen LogP contribution < -0.4 is 0 Å². The van der Waals surface area contributed by atoms with Gasteiger partial charge in [0.05, 0.1) is 0 Å². The summed E-state index contributed by atoms with van der Waals surface area (Å²) < 4.78 is 2.02. The highest BCUT2D eigenvalue weighted by atomic mass is 35.5. The topological polar surface area (TPSA) is 30.7 Å². The van der Waals surface area contributed by atoms with Crippen LogP contribution in [0, 0.1) is 11.8 Å². The molecule has 0 spiro atoms. The molecule has 1 saturated carbocycles. The van der Waals surface area contributed by atoms with E-state index in [9.17, 15) is 0 Å². The van der Waals surface area contributed by atoms with Crippen molar-refractivity contribution in [2.75, 3.05) is 0 Å². The van der Waals surface area contributed by atoms with E-state index in [-0.39, 0.29) is 0 Å². The fourth-order valence-corrected chi connectivity index (χ4v) is 2.32. The van der Waals surface area contributed by atoms with Gasteiger partial charge in [0.25, 0.3) is 0 Å². The second kappa shape index (κ2) is 4.15. The molecule has 1 aromatic heterocycles. The Morgan fingerprint density at radius 3 is 2.65 bits per heavy atom. The van der Waals surface area contributed by atoms with Gasteiger partial charge in [-0.2, -0.15) is 0 Å². The predicted octanol–water partition coefficient (Wildman–Crippen LogP) is 3.25. The fourth-order valence-electron chi connectivity index (χ4n) is 2.13. The molecular weight excluding hydrogens is 234 g/mol. The number of benzene rings is 1. The van der Waals surface area contributed by atoms with Gasteiger partial charge in [0.15, 0.2) is 5.82 Å². The highest BCUT2D eigenvalue weighted by Gasteiger charge is 2.33. The average Bonchev–Trinajstić information content (AvgIpc) is 2.92. The SMILES string of the molecule is CC1CC1Cn1c(Cl)nnc1-c1ccccc1. The molecule has 0 saturated heterocycles. The van der Waals surface area contributed by atoms with Crippen molar-refractivity contribution in [2.24, 2.45) is 11.8 Å². The van der Waals surface area contributed by atoms with Crippen LogP contribution in [0.2, 0.25) is 5.28 Å². The van der Waals surface area contributed by atoms with E-state index in [4.69, 9.17) is 11.6 Å². The highest BCUT2D eigenvalue weighted by Crippen LogP contribution is 2.40. The summed E-state index contributed by atoms with van der Waals surface area (Å²) in [7, 11) is 0. The van der Waals surface area contributed by atoms with Crippen LogP contribution in [0.25, 0.3) is 11.4 Å². The van der Waals surface area contributed by atoms with Gasteiger partial charge in [-0.25, -0.2) is 0 Å². The number of hydrogen-bond acceptors (Lipinski definition) is 2. The molecule has 0 amide bonds. The zero-order chi connectivity index (χ0) is 11.8. The van der Waals surface area contributed by atoms with Gasteiger partial charge >= 0.3 is 0 Å². The maximum absolute atomic E-state index is 6.10. The Balaban J connectivity index is 1.94. The molecule has 3 rings (SSSR count). The van der Waals surface area contributed by atoms with Crippen molar-refractivity contribution in [3.63, 3.8) is 0 Å². The third-order valence-corrected chi connectivity index (χ3v) is 3.71. The van der Waals surface area contributed by atoms with Crippen LogP contribution >= 0.6 is 11.6 Å². The smallest absolute Gasteiger partial charge is 0.225 e.